The molecule has 3 nitrogen and oxygen atoms in total. The molecular weight excluding hydrogens is 238 g/mol. The van der Waals surface area contributed by atoms with Crippen molar-refractivity contribution in [3.63, 3.8) is 0 Å². The van der Waals surface area contributed by atoms with E-state index < -0.39 is 5.97 Å². The second-order valence-electron chi connectivity index (χ2n) is 5.41. The van der Waals surface area contributed by atoms with Crippen molar-refractivity contribution < 1.29 is 9.90 Å². The van der Waals surface area contributed by atoms with Gasteiger partial charge in [-0.15, -0.1) is 0 Å². The molecule has 19 heavy (non-hydrogen) atoms. The highest BCUT2D eigenvalue weighted by atomic mass is 16.4. The summed E-state index contributed by atoms with van der Waals surface area (Å²) in [4.78, 5) is 12.8. The summed E-state index contributed by atoms with van der Waals surface area (Å²) in [7, 11) is 2.17. The first-order valence-electron chi connectivity index (χ1n) is 6.76. The van der Waals surface area contributed by atoms with Crippen LogP contribution in [0.15, 0.2) is 30.3 Å². The minimum Gasteiger partial charge on any atom is -0.478 e. The molecule has 1 aromatic rings. The van der Waals surface area contributed by atoms with Gasteiger partial charge in [0.05, 0.1) is 0 Å². The molecule has 0 bridgehead atoms. The number of carboxylic acids is 1. The maximum absolute atomic E-state index is 10.4. The van der Waals surface area contributed by atoms with E-state index in [-0.39, 0.29) is 0 Å². The summed E-state index contributed by atoms with van der Waals surface area (Å²) in [5, 5.41) is 8.57. The number of nitrogens with zero attached hydrogens (tertiary/aromatic N) is 1. The third kappa shape index (κ3) is 4.21. The van der Waals surface area contributed by atoms with E-state index in [0.29, 0.717) is 6.04 Å². The molecule has 1 saturated carbocycles. The molecule has 0 heterocycles. The van der Waals surface area contributed by atoms with Gasteiger partial charge >= 0.3 is 5.97 Å². The van der Waals surface area contributed by atoms with Crippen LogP contribution in [-0.4, -0.2) is 29.1 Å². The molecule has 0 aromatic heterocycles. The number of carbonyl (C=O) groups is 1. The summed E-state index contributed by atoms with van der Waals surface area (Å²) < 4.78 is 0. The van der Waals surface area contributed by atoms with E-state index in [9.17, 15) is 4.79 Å². The van der Waals surface area contributed by atoms with Crippen molar-refractivity contribution in [2.45, 2.75) is 32.4 Å². The van der Waals surface area contributed by atoms with Gasteiger partial charge < -0.3 is 5.11 Å². The van der Waals surface area contributed by atoms with Crippen LogP contribution in [0.5, 0.6) is 0 Å². The van der Waals surface area contributed by atoms with Gasteiger partial charge in [0.1, 0.15) is 0 Å². The lowest BCUT2D eigenvalue weighted by molar-refractivity contribution is -0.131. The van der Waals surface area contributed by atoms with E-state index in [1.54, 1.807) is 6.08 Å². The van der Waals surface area contributed by atoms with Gasteiger partial charge in [0.25, 0.3) is 0 Å². The largest absolute Gasteiger partial charge is 0.478 e. The highest BCUT2D eigenvalue weighted by Crippen LogP contribution is 2.35. The van der Waals surface area contributed by atoms with Gasteiger partial charge in [0.2, 0.25) is 0 Å². The Morgan fingerprint density at radius 3 is 2.58 bits per heavy atom. The molecule has 0 spiro atoms. The summed E-state index contributed by atoms with van der Waals surface area (Å²) in [6, 6.07) is 8.70. The van der Waals surface area contributed by atoms with Crippen LogP contribution < -0.4 is 0 Å². The van der Waals surface area contributed by atoms with Crippen LogP contribution in [0.4, 0.5) is 0 Å². The van der Waals surface area contributed by atoms with Crippen molar-refractivity contribution in [3.05, 3.63) is 41.5 Å². The molecule has 1 N–H and O–H groups in total. The van der Waals surface area contributed by atoms with E-state index in [0.717, 1.165) is 24.1 Å². The SMILES string of the molecule is CC(C1CC1)N(C)Cc1ccc(/C=C/C(=O)O)cc1. The van der Waals surface area contributed by atoms with E-state index >= 15 is 0 Å². The molecule has 1 aliphatic carbocycles. The Morgan fingerprint density at radius 1 is 1.42 bits per heavy atom. The highest BCUT2D eigenvalue weighted by molar-refractivity contribution is 5.85. The first-order valence-corrected chi connectivity index (χ1v) is 6.76. The Hall–Kier alpha value is -1.61. The fraction of sp³-hybridized carbons (Fsp3) is 0.438. The third-order valence-corrected chi connectivity index (χ3v) is 3.83. The van der Waals surface area contributed by atoms with Gasteiger partial charge in [-0.05, 0) is 49.9 Å². The first-order chi connectivity index (χ1) is 9.06. The maximum Gasteiger partial charge on any atom is 0.328 e. The molecule has 102 valence electrons. The molecule has 0 saturated heterocycles. The lowest BCUT2D eigenvalue weighted by atomic mass is 10.1. The van der Waals surface area contributed by atoms with E-state index in [2.05, 4.69) is 31.0 Å². The van der Waals surface area contributed by atoms with Crippen molar-refractivity contribution in [1.82, 2.24) is 4.90 Å². The Bertz CT molecular complexity index is 460. The molecule has 2 rings (SSSR count). The Labute approximate surface area is 114 Å². The predicted molar refractivity (Wildman–Crippen MR) is 76.8 cm³/mol. The Kier molecular flexibility index (Phi) is 4.38. The third-order valence-electron chi connectivity index (χ3n) is 3.83. The number of hydrogen-bond acceptors (Lipinski definition) is 2. The zero-order valence-electron chi connectivity index (χ0n) is 11.5. The average molecular weight is 259 g/mol. The van der Waals surface area contributed by atoms with Crippen LogP contribution in [-0.2, 0) is 11.3 Å². The second kappa shape index (κ2) is 6.02. The van der Waals surface area contributed by atoms with Crippen molar-refractivity contribution in [2.24, 2.45) is 5.92 Å². The second-order valence-corrected chi connectivity index (χ2v) is 5.41. The number of aliphatic carboxylic acids is 1. The van der Waals surface area contributed by atoms with Crippen LogP contribution in [0.25, 0.3) is 6.08 Å². The summed E-state index contributed by atoms with van der Waals surface area (Å²) in [6.45, 7) is 3.24. The van der Waals surface area contributed by atoms with Gasteiger partial charge in [-0.1, -0.05) is 24.3 Å². The van der Waals surface area contributed by atoms with Crippen LogP contribution in [0.3, 0.4) is 0 Å². The van der Waals surface area contributed by atoms with Crippen LogP contribution in [0, 0.1) is 5.92 Å². The molecule has 0 radical (unpaired) electrons. The zero-order valence-corrected chi connectivity index (χ0v) is 11.5. The predicted octanol–water partition coefficient (Wildman–Crippen LogP) is 3.01. The molecule has 1 aromatic carbocycles. The summed E-state index contributed by atoms with van der Waals surface area (Å²) >= 11 is 0. The molecule has 1 fully saturated rings. The van der Waals surface area contributed by atoms with Crippen molar-refractivity contribution in [2.75, 3.05) is 7.05 Å². The fourth-order valence-corrected chi connectivity index (χ4v) is 2.27. The van der Waals surface area contributed by atoms with E-state index in [4.69, 9.17) is 5.11 Å². The van der Waals surface area contributed by atoms with Gasteiger partial charge in [0.15, 0.2) is 0 Å². The standard InChI is InChI=1S/C16H21NO2/c1-12(15-8-9-15)17(2)11-14-5-3-13(4-6-14)7-10-16(18)19/h3-7,10,12,15H,8-9,11H2,1-2H3,(H,18,19)/b10-7+. The Balaban J connectivity index is 1.92. The molecule has 0 amide bonds. The summed E-state index contributed by atoms with van der Waals surface area (Å²) in [6.07, 6.45) is 5.51. The molecule has 1 unspecified atom stereocenters. The molecular formula is C16H21NO2. The van der Waals surface area contributed by atoms with Gasteiger partial charge in [-0.3, -0.25) is 4.90 Å². The number of carboxylic acid groups (broad SMARTS) is 1. The van der Waals surface area contributed by atoms with E-state index in [1.807, 2.05) is 12.1 Å². The minimum absolute atomic E-state index is 0.645. The van der Waals surface area contributed by atoms with Crippen molar-refractivity contribution >= 4 is 12.0 Å². The lowest BCUT2D eigenvalue weighted by Crippen LogP contribution is -2.30. The number of hydrogen-bond donors (Lipinski definition) is 1. The number of rotatable bonds is 6. The molecule has 1 aliphatic rings. The van der Waals surface area contributed by atoms with Crippen LogP contribution >= 0.6 is 0 Å². The van der Waals surface area contributed by atoms with Crippen molar-refractivity contribution in [1.29, 1.82) is 0 Å². The van der Waals surface area contributed by atoms with Gasteiger partial charge in [-0.2, -0.15) is 0 Å². The normalized spacial score (nSPS) is 17.0. The molecule has 0 aliphatic heterocycles. The van der Waals surface area contributed by atoms with Crippen molar-refractivity contribution in [3.8, 4) is 0 Å². The lowest BCUT2D eigenvalue weighted by Gasteiger charge is -2.24. The monoisotopic (exact) mass is 259 g/mol. The van der Waals surface area contributed by atoms with Crippen LogP contribution in [0.1, 0.15) is 30.9 Å². The highest BCUT2D eigenvalue weighted by Gasteiger charge is 2.30. The zero-order chi connectivity index (χ0) is 13.8. The van der Waals surface area contributed by atoms with Gasteiger partial charge in [-0.25, -0.2) is 4.79 Å². The maximum atomic E-state index is 10.4. The first kappa shape index (κ1) is 13.8. The summed E-state index contributed by atoms with van der Waals surface area (Å²) in [5.41, 5.74) is 2.19. The fourth-order valence-electron chi connectivity index (χ4n) is 2.27. The summed E-state index contributed by atoms with van der Waals surface area (Å²) in [5.74, 6) is -0.0372. The topological polar surface area (TPSA) is 40.5 Å². The Morgan fingerprint density at radius 2 is 2.05 bits per heavy atom. The molecule has 1 atom stereocenters. The van der Waals surface area contributed by atoms with Gasteiger partial charge in [0, 0.05) is 18.7 Å². The number of benzene rings is 1. The quantitative estimate of drug-likeness (QED) is 0.798. The minimum atomic E-state index is -0.915. The smallest absolute Gasteiger partial charge is 0.328 e. The molecule has 3 heteroatoms. The van der Waals surface area contributed by atoms with E-state index in [1.165, 1.54) is 18.4 Å². The average Bonchev–Trinajstić information content (AvgIpc) is 3.21. The van der Waals surface area contributed by atoms with Crippen LogP contribution in [0.2, 0.25) is 0 Å².